The number of para-hydroxylation sites is 1. The number of rotatable bonds is 3. The second kappa shape index (κ2) is 5.42. The van der Waals surface area contributed by atoms with Crippen molar-refractivity contribution in [3.8, 4) is 0 Å². The molecule has 18 heavy (non-hydrogen) atoms. The molecule has 1 fully saturated rings. The summed E-state index contributed by atoms with van der Waals surface area (Å²) < 4.78 is 0. The molecule has 2 atom stereocenters. The molecule has 0 saturated heterocycles. The van der Waals surface area contributed by atoms with Crippen molar-refractivity contribution in [1.29, 1.82) is 0 Å². The first-order chi connectivity index (χ1) is 8.58. The van der Waals surface area contributed by atoms with Crippen molar-refractivity contribution in [2.75, 3.05) is 12.3 Å². The van der Waals surface area contributed by atoms with Gasteiger partial charge in [0, 0.05) is 12.2 Å². The van der Waals surface area contributed by atoms with Gasteiger partial charge in [0.15, 0.2) is 0 Å². The molecule has 0 aliphatic heterocycles. The van der Waals surface area contributed by atoms with E-state index in [2.05, 4.69) is 12.2 Å². The first-order valence-corrected chi connectivity index (χ1v) is 6.71. The Morgan fingerprint density at radius 2 is 2.22 bits per heavy atom. The fraction of sp³-hybridized carbons (Fsp3) is 0.533. The van der Waals surface area contributed by atoms with Crippen molar-refractivity contribution >= 4 is 11.6 Å². The Bertz CT molecular complexity index is 442. The number of aryl methyl sites for hydroxylation is 1. The van der Waals surface area contributed by atoms with E-state index in [-0.39, 0.29) is 5.91 Å². The lowest BCUT2D eigenvalue weighted by atomic mass is 10.1. The number of nitrogen functional groups attached to an aromatic ring is 1. The molecule has 1 aromatic rings. The van der Waals surface area contributed by atoms with E-state index in [1.165, 1.54) is 19.3 Å². The van der Waals surface area contributed by atoms with Gasteiger partial charge in [-0.15, -0.1) is 0 Å². The van der Waals surface area contributed by atoms with Crippen LogP contribution in [0.2, 0.25) is 0 Å². The van der Waals surface area contributed by atoms with Gasteiger partial charge in [-0.1, -0.05) is 25.5 Å². The summed E-state index contributed by atoms with van der Waals surface area (Å²) in [4.78, 5) is 12.1. The summed E-state index contributed by atoms with van der Waals surface area (Å²) in [7, 11) is 0. The fourth-order valence-electron chi connectivity index (χ4n) is 2.72. The Labute approximate surface area is 109 Å². The van der Waals surface area contributed by atoms with E-state index in [0.29, 0.717) is 17.2 Å². The number of benzene rings is 1. The third-order valence-electron chi connectivity index (χ3n) is 3.92. The highest BCUT2D eigenvalue weighted by Crippen LogP contribution is 2.29. The molecular formula is C15H22N2O. The van der Waals surface area contributed by atoms with Gasteiger partial charge >= 0.3 is 0 Å². The van der Waals surface area contributed by atoms with Gasteiger partial charge in [0.25, 0.3) is 5.91 Å². The predicted molar refractivity (Wildman–Crippen MR) is 74.4 cm³/mol. The first kappa shape index (κ1) is 12.9. The second-order valence-electron chi connectivity index (χ2n) is 5.53. The van der Waals surface area contributed by atoms with Gasteiger partial charge in [0.1, 0.15) is 0 Å². The number of hydrogen-bond acceptors (Lipinski definition) is 2. The number of amides is 1. The molecule has 0 bridgehead atoms. The van der Waals surface area contributed by atoms with E-state index < -0.39 is 0 Å². The molecule has 1 aromatic carbocycles. The minimum absolute atomic E-state index is 0.0456. The highest BCUT2D eigenvalue weighted by molar-refractivity contribution is 5.99. The maximum Gasteiger partial charge on any atom is 0.253 e. The van der Waals surface area contributed by atoms with E-state index in [0.717, 1.165) is 18.0 Å². The first-order valence-electron chi connectivity index (χ1n) is 6.71. The molecule has 1 aliphatic rings. The van der Waals surface area contributed by atoms with Gasteiger partial charge in [0.05, 0.1) is 5.56 Å². The van der Waals surface area contributed by atoms with Crippen LogP contribution in [0, 0.1) is 18.8 Å². The van der Waals surface area contributed by atoms with Gasteiger partial charge in [-0.25, -0.2) is 0 Å². The third-order valence-corrected chi connectivity index (χ3v) is 3.92. The zero-order chi connectivity index (χ0) is 13.1. The number of nitrogens with one attached hydrogen (secondary N) is 1. The maximum atomic E-state index is 12.1. The molecule has 98 valence electrons. The maximum absolute atomic E-state index is 12.1. The van der Waals surface area contributed by atoms with Crippen LogP contribution in [-0.4, -0.2) is 12.5 Å². The average Bonchev–Trinajstić information content (AvgIpc) is 2.76. The molecule has 1 saturated carbocycles. The Hall–Kier alpha value is -1.51. The van der Waals surface area contributed by atoms with E-state index in [9.17, 15) is 4.79 Å². The summed E-state index contributed by atoms with van der Waals surface area (Å²) in [5.74, 6) is 1.39. The zero-order valence-corrected chi connectivity index (χ0v) is 11.2. The molecule has 0 heterocycles. The van der Waals surface area contributed by atoms with Crippen LogP contribution >= 0.6 is 0 Å². The van der Waals surface area contributed by atoms with Crippen molar-refractivity contribution in [3.05, 3.63) is 29.3 Å². The fourth-order valence-corrected chi connectivity index (χ4v) is 2.72. The normalized spacial score (nSPS) is 23.0. The number of anilines is 1. The van der Waals surface area contributed by atoms with Crippen molar-refractivity contribution in [1.82, 2.24) is 5.32 Å². The Kier molecular flexibility index (Phi) is 3.90. The quantitative estimate of drug-likeness (QED) is 0.806. The van der Waals surface area contributed by atoms with Gasteiger partial charge in [-0.3, -0.25) is 4.79 Å². The van der Waals surface area contributed by atoms with Crippen LogP contribution in [0.25, 0.3) is 0 Å². The van der Waals surface area contributed by atoms with Crippen LogP contribution in [-0.2, 0) is 0 Å². The minimum Gasteiger partial charge on any atom is -0.398 e. The van der Waals surface area contributed by atoms with Crippen molar-refractivity contribution in [2.45, 2.75) is 33.1 Å². The van der Waals surface area contributed by atoms with Crippen LogP contribution in [0.4, 0.5) is 5.69 Å². The summed E-state index contributed by atoms with van der Waals surface area (Å²) in [5.41, 5.74) is 8.07. The highest BCUT2D eigenvalue weighted by atomic mass is 16.1. The van der Waals surface area contributed by atoms with Crippen LogP contribution in [0.3, 0.4) is 0 Å². The molecule has 2 unspecified atom stereocenters. The van der Waals surface area contributed by atoms with Gasteiger partial charge < -0.3 is 11.1 Å². The highest BCUT2D eigenvalue weighted by Gasteiger charge is 2.22. The lowest BCUT2D eigenvalue weighted by Crippen LogP contribution is -2.29. The van der Waals surface area contributed by atoms with E-state index >= 15 is 0 Å². The van der Waals surface area contributed by atoms with Gasteiger partial charge in [-0.05, 0) is 43.2 Å². The van der Waals surface area contributed by atoms with E-state index in [1.807, 2.05) is 19.1 Å². The predicted octanol–water partition coefficient (Wildman–Crippen LogP) is 2.74. The molecule has 2 rings (SSSR count). The van der Waals surface area contributed by atoms with Crippen LogP contribution in [0.1, 0.15) is 42.1 Å². The molecule has 3 nitrogen and oxygen atoms in total. The summed E-state index contributed by atoms with van der Waals surface area (Å²) in [6.07, 6.45) is 3.74. The number of hydrogen-bond donors (Lipinski definition) is 2. The Balaban J connectivity index is 1.94. The van der Waals surface area contributed by atoms with Crippen molar-refractivity contribution in [3.63, 3.8) is 0 Å². The molecular weight excluding hydrogens is 224 g/mol. The number of carbonyl (C=O) groups excluding carboxylic acids is 1. The average molecular weight is 246 g/mol. The Morgan fingerprint density at radius 1 is 1.44 bits per heavy atom. The molecule has 0 spiro atoms. The summed E-state index contributed by atoms with van der Waals surface area (Å²) >= 11 is 0. The minimum atomic E-state index is -0.0456. The van der Waals surface area contributed by atoms with Crippen LogP contribution < -0.4 is 11.1 Å². The largest absolute Gasteiger partial charge is 0.398 e. The summed E-state index contributed by atoms with van der Waals surface area (Å²) in [6, 6.07) is 5.58. The van der Waals surface area contributed by atoms with E-state index in [1.54, 1.807) is 6.07 Å². The molecule has 1 aliphatic carbocycles. The summed E-state index contributed by atoms with van der Waals surface area (Å²) in [5, 5.41) is 3.01. The van der Waals surface area contributed by atoms with Crippen molar-refractivity contribution < 1.29 is 4.79 Å². The molecule has 0 radical (unpaired) electrons. The van der Waals surface area contributed by atoms with Crippen LogP contribution in [0.15, 0.2) is 18.2 Å². The lowest BCUT2D eigenvalue weighted by Gasteiger charge is -2.13. The van der Waals surface area contributed by atoms with Gasteiger partial charge in [0.2, 0.25) is 0 Å². The van der Waals surface area contributed by atoms with E-state index in [4.69, 9.17) is 5.73 Å². The lowest BCUT2D eigenvalue weighted by molar-refractivity contribution is 0.0948. The standard InChI is InChI=1S/C15H22N2O/c1-10-6-7-12(8-10)9-17-15(18)13-5-3-4-11(2)14(13)16/h3-5,10,12H,6-9,16H2,1-2H3,(H,17,18). The second-order valence-corrected chi connectivity index (χ2v) is 5.53. The van der Waals surface area contributed by atoms with Crippen molar-refractivity contribution in [2.24, 2.45) is 11.8 Å². The number of carbonyl (C=O) groups is 1. The van der Waals surface area contributed by atoms with Gasteiger partial charge in [-0.2, -0.15) is 0 Å². The van der Waals surface area contributed by atoms with Crippen LogP contribution in [0.5, 0.6) is 0 Å². The smallest absolute Gasteiger partial charge is 0.253 e. The zero-order valence-electron chi connectivity index (χ0n) is 11.2. The third kappa shape index (κ3) is 2.84. The molecule has 3 N–H and O–H groups in total. The SMILES string of the molecule is Cc1cccc(C(=O)NCC2CCC(C)C2)c1N. The molecule has 0 aromatic heterocycles. The Morgan fingerprint density at radius 3 is 2.89 bits per heavy atom. The molecule has 1 amide bonds. The summed E-state index contributed by atoms with van der Waals surface area (Å²) in [6.45, 7) is 4.97. The number of nitrogens with two attached hydrogens (primary N) is 1. The topological polar surface area (TPSA) is 55.1 Å². The molecule has 3 heteroatoms. The monoisotopic (exact) mass is 246 g/mol.